The van der Waals surface area contributed by atoms with Crippen molar-refractivity contribution in [1.29, 1.82) is 0 Å². The first kappa shape index (κ1) is 14.3. The molecule has 2 unspecified atom stereocenters. The van der Waals surface area contributed by atoms with Crippen molar-refractivity contribution >= 4 is 11.6 Å². The molecular formula is C16H22ClNO2. The van der Waals surface area contributed by atoms with Gasteiger partial charge >= 0.3 is 0 Å². The first-order valence-corrected chi connectivity index (χ1v) is 7.88. The van der Waals surface area contributed by atoms with Gasteiger partial charge in [-0.25, -0.2) is 0 Å². The standard InChI is InChI=1S/C16H22ClNO2/c17-13-3-1-12(2-4-13)10-19-11-16-8-7-15(20-16)9-18-14-5-6-14/h1-4,14-16,18H,5-11H2. The van der Waals surface area contributed by atoms with Crippen molar-refractivity contribution in [2.75, 3.05) is 13.2 Å². The summed E-state index contributed by atoms with van der Waals surface area (Å²) in [4.78, 5) is 0. The van der Waals surface area contributed by atoms with E-state index in [9.17, 15) is 0 Å². The van der Waals surface area contributed by atoms with Crippen LogP contribution in [0.4, 0.5) is 0 Å². The number of benzene rings is 1. The molecule has 20 heavy (non-hydrogen) atoms. The van der Waals surface area contributed by atoms with Gasteiger partial charge in [0.05, 0.1) is 25.4 Å². The zero-order chi connectivity index (χ0) is 13.8. The lowest BCUT2D eigenvalue weighted by molar-refractivity contribution is -0.0190. The van der Waals surface area contributed by atoms with Gasteiger partial charge in [0.15, 0.2) is 0 Å². The number of hydrogen-bond acceptors (Lipinski definition) is 3. The Morgan fingerprint density at radius 2 is 1.85 bits per heavy atom. The van der Waals surface area contributed by atoms with E-state index in [0.717, 1.165) is 36.0 Å². The van der Waals surface area contributed by atoms with Gasteiger partial charge in [0.2, 0.25) is 0 Å². The summed E-state index contributed by atoms with van der Waals surface area (Å²) in [5.41, 5.74) is 1.15. The lowest BCUT2D eigenvalue weighted by Gasteiger charge is -2.14. The van der Waals surface area contributed by atoms with Gasteiger partial charge in [-0.1, -0.05) is 23.7 Å². The molecule has 1 aliphatic carbocycles. The monoisotopic (exact) mass is 295 g/mol. The summed E-state index contributed by atoms with van der Waals surface area (Å²) in [7, 11) is 0. The molecule has 1 aromatic rings. The number of rotatable bonds is 7. The Morgan fingerprint density at radius 1 is 1.10 bits per heavy atom. The second-order valence-corrected chi connectivity index (χ2v) is 6.22. The molecule has 2 fully saturated rings. The van der Waals surface area contributed by atoms with Crippen molar-refractivity contribution in [3.05, 3.63) is 34.9 Å². The van der Waals surface area contributed by atoms with E-state index in [1.54, 1.807) is 0 Å². The third kappa shape index (κ3) is 4.45. The molecule has 0 spiro atoms. The Hall–Kier alpha value is -0.610. The van der Waals surface area contributed by atoms with E-state index in [0.29, 0.717) is 19.3 Å². The van der Waals surface area contributed by atoms with Gasteiger partial charge in [-0.05, 0) is 43.4 Å². The van der Waals surface area contributed by atoms with Crippen LogP contribution in [0.25, 0.3) is 0 Å². The quantitative estimate of drug-likeness (QED) is 0.838. The summed E-state index contributed by atoms with van der Waals surface area (Å²) < 4.78 is 11.7. The molecule has 3 nitrogen and oxygen atoms in total. The minimum Gasteiger partial charge on any atom is -0.374 e. The smallest absolute Gasteiger partial charge is 0.0814 e. The van der Waals surface area contributed by atoms with Crippen molar-refractivity contribution in [1.82, 2.24) is 5.32 Å². The SMILES string of the molecule is Clc1ccc(COCC2CCC(CNC3CC3)O2)cc1. The van der Waals surface area contributed by atoms with Crippen molar-refractivity contribution in [2.24, 2.45) is 0 Å². The third-order valence-electron chi connectivity index (χ3n) is 3.89. The van der Waals surface area contributed by atoms with Crippen molar-refractivity contribution in [3.8, 4) is 0 Å². The van der Waals surface area contributed by atoms with Crippen LogP contribution in [-0.2, 0) is 16.1 Å². The van der Waals surface area contributed by atoms with Crippen LogP contribution in [0.3, 0.4) is 0 Å². The molecule has 3 rings (SSSR count). The zero-order valence-corrected chi connectivity index (χ0v) is 12.4. The van der Waals surface area contributed by atoms with Crippen LogP contribution in [-0.4, -0.2) is 31.4 Å². The van der Waals surface area contributed by atoms with E-state index in [4.69, 9.17) is 21.1 Å². The fraction of sp³-hybridized carbons (Fsp3) is 0.625. The largest absolute Gasteiger partial charge is 0.374 e. The molecule has 0 bridgehead atoms. The molecule has 1 N–H and O–H groups in total. The average Bonchev–Trinajstić information content (AvgIpc) is 3.18. The maximum Gasteiger partial charge on any atom is 0.0814 e. The summed E-state index contributed by atoms with van der Waals surface area (Å²) >= 11 is 5.85. The Kier molecular flexibility index (Phi) is 4.94. The maximum absolute atomic E-state index is 5.99. The van der Waals surface area contributed by atoms with E-state index in [1.165, 1.54) is 12.8 Å². The van der Waals surface area contributed by atoms with Gasteiger partial charge in [0.1, 0.15) is 0 Å². The minimum atomic E-state index is 0.258. The molecule has 1 saturated heterocycles. The van der Waals surface area contributed by atoms with Crippen molar-refractivity contribution in [3.63, 3.8) is 0 Å². The lowest BCUT2D eigenvalue weighted by Crippen LogP contribution is -2.29. The van der Waals surface area contributed by atoms with Crippen LogP contribution in [0.5, 0.6) is 0 Å². The highest BCUT2D eigenvalue weighted by atomic mass is 35.5. The first-order chi connectivity index (χ1) is 9.79. The van der Waals surface area contributed by atoms with Crippen molar-refractivity contribution < 1.29 is 9.47 Å². The van der Waals surface area contributed by atoms with Gasteiger partial charge in [-0.2, -0.15) is 0 Å². The predicted octanol–water partition coefficient (Wildman–Crippen LogP) is 3.16. The molecule has 1 heterocycles. The second kappa shape index (κ2) is 6.90. The van der Waals surface area contributed by atoms with Crippen molar-refractivity contribution in [2.45, 2.75) is 50.5 Å². The summed E-state index contributed by atoms with van der Waals surface area (Å²) in [5, 5.41) is 4.29. The Morgan fingerprint density at radius 3 is 2.60 bits per heavy atom. The number of nitrogens with one attached hydrogen (secondary N) is 1. The Labute approximate surface area is 125 Å². The zero-order valence-electron chi connectivity index (χ0n) is 11.7. The molecular weight excluding hydrogens is 274 g/mol. The highest BCUT2D eigenvalue weighted by Gasteiger charge is 2.27. The summed E-state index contributed by atoms with van der Waals surface area (Å²) in [5.74, 6) is 0. The molecule has 0 amide bonds. The normalized spacial score (nSPS) is 26.1. The molecule has 2 atom stereocenters. The van der Waals surface area contributed by atoms with Gasteiger partial charge in [-0.15, -0.1) is 0 Å². The van der Waals surface area contributed by atoms with Gasteiger partial charge in [-0.3, -0.25) is 0 Å². The third-order valence-corrected chi connectivity index (χ3v) is 4.14. The highest BCUT2D eigenvalue weighted by Crippen LogP contribution is 2.23. The second-order valence-electron chi connectivity index (χ2n) is 5.78. The summed E-state index contributed by atoms with van der Waals surface area (Å²) in [6, 6.07) is 8.55. The topological polar surface area (TPSA) is 30.5 Å². The molecule has 1 saturated carbocycles. The number of halogens is 1. The first-order valence-electron chi connectivity index (χ1n) is 7.50. The van der Waals surface area contributed by atoms with E-state index >= 15 is 0 Å². The van der Waals surface area contributed by atoms with Gasteiger partial charge < -0.3 is 14.8 Å². The molecule has 4 heteroatoms. The molecule has 0 radical (unpaired) electrons. The van der Waals surface area contributed by atoms with E-state index < -0.39 is 0 Å². The summed E-state index contributed by atoms with van der Waals surface area (Å²) in [6.07, 6.45) is 5.56. The average molecular weight is 296 g/mol. The minimum absolute atomic E-state index is 0.258. The molecule has 1 aromatic carbocycles. The highest BCUT2D eigenvalue weighted by molar-refractivity contribution is 6.30. The van der Waals surface area contributed by atoms with Crippen LogP contribution in [0.1, 0.15) is 31.2 Å². The fourth-order valence-corrected chi connectivity index (χ4v) is 2.65. The van der Waals surface area contributed by atoms with Crippen LogP contribution < -0.4 is 5.32 Å². The molecule has 1 aliphatic heterocycles. The Bertz CT molecular complexity index is 419. The summed E-state index contributed by atoms with van der Waals surface area (Å²) in [6.45, 7) is 2.31. The number of hydrogen-bond donors (Lipinski definition) is 1. The van der Waals surface area contributed by atoms with Gasteiger partial charge in [0.25, 0.3) is 0 Å². The number of ether oxygens (including phenoxy) is 2. The van der Waals surface area contributed by atoms with Crippen LogP contribution in [0, 0.1) is 0 Å². The van der Waals surface area contributed by atoms with Gasteiger partial charge in [0, 0.05) is 17.6 Å². The molecule has 110 valence electrons. The molecule has 2 aliphatic rings. The van der Waals surface area contributed by atoms with Crippen LogP contribution >= 0.6 is 11.6 Å². The van der Waals surface area contributed by atoms with E-state index in [-0.39, 0.29) is 6.10 Å². The molecule has 0 aromatic heterocycles. The fourth-order valence-electron chi connectivity index (χ4n) is 2.53. The van der Waals surface area contributed by atoms with E-state index in [2.05, 4.69) is 5.32 Å². The van der Waals surface area contributed by atoms with Crippen LogP contribution in [0.15, 0.2) is 24.3 Å². The van der Waals surface area contributed by atoms with Crippen LogP contribution in [0.2, 0.25) is 5.02 Å². The lowest BCUT2D eigenvalue weighted by atomic mass is 10.2. The maximum atomic E-state index is 5.99. The Balaban J connectivity index is 1.31. The van der Waals surface area contributed by atoms with E-state index in [1.807, 2.05) is 24.3 Å². The predicted molar refractivity (Wildman–Crippen MR) is 80.0 cm³/mol.